The third kappa shape index (κ3) is 2.05. The maximum atomic E-state index is 5.64. The molecule has 0 saturated carbocycles. The SMILES string of the molecule is COc1cccc(C2=NN=C(N)CC2C)c1. The van der Waals surface area contributed by atoms with Gasteiger partial charge in [-0.2, -0.15) is 5.10 Å². The highest BCUT2D eigenvalue weighted by Crippen LogP contribution is 2.20. The molecule has 4 heteroatoms. The fourth-order valence-corrected chi connectivity index (χ4v) is 1.79. The van der Waals surface area contributed by atoms with Crippen LogP contribution < -0.4 is 10.5 Å². The molecule has 0 aromatic heterocycles. The van der Waals surface area contributed by atoms with E-state index in [1.165, 1.54) is 0 Å². The van der Waals surface area contributed by atoms with Gasteiger partial charge in [-0.25, -0.2) is 0 Å². The molecule has 2 rings (SSSR count). The monoisotopic (exact) mass is 217 g/mol. The van der Waals surface area contributed by atoms with Gasteiger partial charge in [-0.05, 0) is 12.1 Å². The largest absolute Gasteiger partial charge is 0.497 e. The summed E-state index contributed by atoms with van der Waals surface area (Å²) >= 11 is 0. The van der Waals surface area contributed by atoms with Crippen molar-refractivity contribution in [3.63, 3.8) is 0 Å². The van der Waals surface area contributed by atoms with Crippen molar-refractivity contribution in [1.29, 1.82) is 0 Å². The highest BCUT2D eigenvalue weighted by Gasteiger charge is 2.18. The molecule has 1 unspecified atom stereocenters. The Labute approximate surface area is 94.8 Å². The molecular weight excluding hydrogens is 202 g/mol. The van der Waals surface area contributed by atoms with E-state index in [0.717, 1.165) is 23.4 Å². The van der Waals surface area contributed by atoms with Crippen LogP contribution in [0.25, 0.3) is 0 Å². The van der Waals surface area contributed by atoms with Gasteiger partial charge in [-0.1, -0.05) is 19.1 Å². The topological polar surface area (TPSA) is 60.0 Å². The Kier molecular flexibility index (Phi) is 2.90. The molecule has 1 aliphatic heterocycles. The Morgan fingerprint density at radius 3 is 2.88 bits per heavy atom. The van der Waals surface area contributed by atoms with Crippen LogP contribution in [-0.2, 0) is 0 Å². The van der Waals surface area contributed by atoms with E-state index in [0.29, 0.717) is 11.8 Å². The molecule has 0 aliphatic carbocycles. The molecule has 1 atom stereocenters. The molecule has 1 heterocycles. The van der Waals surface area contributed by atoms with E-state index in [-0.39, 0.29) is 0 Å². The van der Waals surface area contributed by atoms with Crippen LogP contribution in [-0.4, -0.2) is 18.7 Å². The van der Waals surface area contributed by atoms with Gasteiger partial charge < -0.3 is 10.5 Å². The van der Waals surface area contributed by atoms with Crippen LogP contribution in [0.5, 0.6) is 5.75 Å². The van der Waals surface area contributed by atoms with E-state index in [4.69, 9.17) is 10.5 Å². The van der Waals surface area contributed by atoms with Crippen LogP contribution in [0, 0.1) is 5.92 Å². The lowest BCUT2D eigenvalue weighted by molar-refractivity contribution is 0.414. The summed E-state index contributed by atoms with van der Waals surface area (Å²) in [7, 11) is 1.65. The summed E-state index contributed by atoms with van der Waals surface area (Å²) in [6.07, 6.45) is 0.760. The molecule has 1 aromatic carbocycles. The number of hydrogen-bond acceptors (Lipinski definition) is 4. The molecule has 2 N–H and O–H groups in total. The van der Waals surface area contributed by atoms with Gasteiger partial charge in [0.2, 0.25) is 0 Å². The van der Waals surface area contributed by atoms with Crippen LogP contribution in [0.3, 0.4) is 0 Å². The molecule has 0 saturated heterocycles. The normalized spacial score (nSPS) is 20.0. The Balaban J connectivity index is 2.36. The molecule has 0 radical (unpaired) electrons. The zero-order chi connectivity index (χ0) is 11.5. The fourth-order valence-electron chi connectivity index (χ4n) is 1.79. The van der Waals surface area contributed by atoms with Gasteiger partial charge in [0.1, 0.15) is 11.6 Å². The van der Waals surface area contributed by atoms with E-state index in [1.807, 2.05) is 24.3 Å². The average Bonchev–Trinajstić information content (AvgIpc) is 2.29. The van der Waals surface area contributed by atoms with Crippen molar-refractivity contribution < 1.29 is 4.74 Å². The summed E-state index contributed by atoms with van der Waals surface area (Å²) in [6.45, 7) is 2.10. The van der Waals surface area contributed by atoms with Gasteiger partial charge in [-0.15, -0.1) is 5.10 Å². The lowest BCUT2D eigenvalue weighted by Gasteiger charge is -2.17. The molecule has 1 aromatic rings. The van der Waals surface area contributed by atoms with Crippen LogP contribution in [0.4, 0.5) is 0 Å². The highest BCUT2D eigenvalue weighted by molar-refractivity contribution is 6.05. The fraction of sp³-hybridized carbons (Fsp3) is 0.333. The van der Waals surface area contributed by atoms with Gasteiger partial charge in [0.15, 0.2) is 0 Å². The summed E-state index contributed by atoms with van der Waals surface area (Å²) in [4.78, 5) is 0. The molecule has 0 spiro atoms. The minimum absolute atomic E-state index is 0.296. The Morgan fingerprint density at radius 1 is 1.38 bits per heavy atom. The zero-order valence-electron chi connectivity index (χ0n) is 9.47. The molecule has 1 aliphatic rings. The van der Waals surface area contributed by atoms with Gasteiger partial charge in [0.05, 0.1) is 12.8 Å². The number of amidine groups is 1. The van der Waals surface area contributed by atoms with Crippen molar-refractivity contribution in [2.75, 3.05) is 7.11 Å². The van der Waals surface area contributed by atoms with Gasteiger partial charge in [0.25, 0.3) is 0 Å². The number of rotatable bonds is 2. The molecule has 0 amide bonds. The summed E-state index contributed by atoms with van der Waals surface area (Å²) in [6, 6.07) is 7.83. The number of methoxy groups -OCH3 is 1. The van der Waals surface area contributed by atoms with Crippen LogP contribution in [0.2, 0.25) is 0 Å². The average molecular weight is 217 g/mol. The first-order valence-corrected chi connectivity index (χ1v) is 5.25. The second-order valence-corrected chi connectivity index (χ2v) is 3.91. The summed E-state index contributed by atoms with van der Waals surface area (Å²) in [5.74, 6) is 1.72. The predicted octanol–water partition coefficient (Wildman–Crippen LogP) is 1.80. The van der Waals surface area contributed by atoms with E-state index in [2.05, 4.69) is 17.1 Å². The third-order valence-electron chi connectivity index (χ3n) is 2.63. The summed E-state index contributed by atoms with van der Waals surface area (Å²) in [5, 5.41) is 8.10. The lowest BCUT2D eigenvalue weighted by atomic mass is 9.94. The first-order chi connectivity index (χ1) is 7.70. The lowest BCUT2D eigenvalue weighted by Crippen LogP contribution is -2.25. The van der Waals surface area contributed by atoms with Crippen LogP contribution in [0.15, 0.2) is 34.5 Å². The number of benzene rings is 1. The van der Waals surface area contributed by atoms with Crippen molar-refractivity contribution in [1.82, 2.24) is 0 Å². The van der Waals surface area contributed by atoms with Gasteiger partial charge >= 0.3 is 0 Å². The predicted molar refractivity (Wildman–Crippen MR) is 64.9 cm³/mol. The number of ether oxygens (including phenoxy) is 1. The first-order valence-electron chi connectivity index (χ1n) is 5.25. The minimum Gasteiger partial charge on any atom is -0.497 e. The standard InChI is InChI=1S/C12H15N3O/c1-8-6-11(13)14-15-12(8)9-4-3-5-10(7-9)16-2/h3-5,7-8H,6H2,1-2H3,(H2,13,14). The molecule has 16 heavy (non-hydrogen) atoms. The Morgan fingerprint density at radius 2 is 2.19 bits per heavy atom. The smallest absolute Gasteiger partial charge is 0.123 e. The van der Waals surface area contributed by atoms with Crippen molar-refractivity contribution in [3.05, 3.63) is 29.8 Å². The van der Waals surface area contributed by atoms with Crippen molar-refractivity contribution in [3.8, 4) is 5.75 Å². The Bertz CT molecular complexity index is 451. The van der Waals surface area contributed by atoms with Gasteiger partial charge in [-0.3, -0.25) is 0 Å². The quantitative estimate of drug-likeness (QED) is 0.821. The van der Waals surface area contributed by atoms with Crippen LogP contribution in [0.1, 0.15) is 18.9 Å². The third-order valence-corrected chi connectivity index (χ3v) is 2.63. The van der Waals surface area contributed by atoms with E-state index in [9.17, 15) is 0 Å². The second kappa shape index (κ2) is 4.35. The van der Waals surface area contributed by atoms with E-state index >= 15 is 0 Å². The van der Waals surface area contributed by atoms with Gasteiger partial charge in [0, 0.05) is 17.9 Å². The van der Waals surface area contributed by atoms with E-state index < -0.39 is 0 Å². The second-order valence-electron chi connectivity index (χ2n) is 3.91. The van der Waals surface area contributed by atoms with Crippen LogP contribution >= 0.6 is 0 Å². The Hall–Kier alpha value is -1.84. The van der Waals surface area contributed by atoms with Crippen molar-refractivity contribution in [2.24, 2.45) is 21.9 Å². The summed E-state index contributed by atoms with van der Waals surface area (Å²) < 4.78 is 5.19. The maximum absolute atomic E-state index is 5.64. The molecule has 0 bridgehead atoms. The zero-order valence-corrected chi connectivity index (χ0v) is 9.47. The maximum Gasteiger partial charge on any atom is 0.123 e. The molecule has 0 fully saturated rings. The number of nitrogens with zero attached hydrogens (tertiary/aromatic N) is 2. The molecule has 84 valence electrons. The molecular formula is C12H15N3O. The first kappa shape index (κ1) is 10.7. The highest BCUT2D eigenvalue weighted by atomic mass is 16.5. The molecule has 4 nitrogen and oxygen atoms in total. The number of hydrogen-bond donors (Lipinski definition) is 1. The van der Waals surface area contributed by atoms with Crippen molar-refractivity contribution in [2.45, 2.75) is 13.3 Å². The van der Waals surface area contributed by atoms with E-state index in [1.54, 1.807) is 7.11 Å². The summed E-state index contributed by atoms with van der Waals surface area (Å²) in [5.41, 5.74) is 7.65. The number of nitrogens with two attached hydrogens (primary N) is 1. The minimum atomic E-state index is 0.296. The van der Waals surface area contributed by atoms with Crippen molar-refractivity contribution >= 4 is 11.5 Å².